The quantitative estimate of drug-likeness (QED) is 0.654. The second-order valence-corrected chi connectivity index (χ2v) is 6.64. The summed E-state index contributed by atoms with van der Waals surface area (Å²) < 4.78 is 10.7. The summed E-state index contributed by atoms with van der Waals surface area (Å²) in [6, 6.07) is 5.59. The van der Waals surface area contributed by atoms with Gasteiger partial charge < -0.3 is 14.4 Å². The SMILES string of the molecule is [C-]#[N+]c1sc2nc(-c3ccc(OC)c(OC)c3)nc(N(C)C)c2c1C. The molecule has 1 aromatic carbocycles. The molecule has 0 saturated carbocycles. The van der Waals surface area contributed by atoms with E-state index in [-0.39, 0.29) is 0 Å². The van der Waals surface area contributed by atoms with E-state index in [1.54, 1.807) is 14.2 Å². The summed E-state index contributed by atoms with van der Waals surface area (Å²) in [6.07, 6.45) is 0. The zero-order chi connectivity index (χ0) is 18.1. The molecule has 0 aliphatic rings. The van der Waals surface area contributed by atoms with Crippen molar-refractivity contribution in [3.8, 4) is 22.9 Å². The van der Waals surface area contributed by atoms with Crippen molar-refractivity contribution in [1.82, 2.24) is 9.97 Å². The molecule has 3 rings (SSSR count). The van der Waals surface area contributed by atoms with Crippen LogP contribution in [0.25, 0.3) is 26.4 Å². The number of aryl methyl sites for hydroxylation is 1. The van der Waals surface area contributed by atoms with E-state index < -0.39 is 0 Å². The maximum absolute atomic E-state index is 7.35. The van der Waals surface area contributed by atoms with Crippen molar-refractivity contribution in [1.29, 1.82) is 0 Å². The molecule has 0 unspecified atom stereocenters. The number of methoxy groups -OCH3 is 2. The summed E-state index contributed by atoms with van der Waals surface area (Å²) >= 11 is 1.39. The Morgan fingerprint density at radius 1 is 1.12 bits per heavy atom. The molecule has 0 aliphatic heterocycles. The van der Waals surface area contributed by atoms with Gasteiger partial charge in [-0.25, -0.2) is 14.8 Å². The Morgan fingerprint density at radius 2 is 1.84 bits per heavy atom. The zero-order valence-corrected chi connectivity index (χ0v) is 15.6. The fourth-order valence-corrected chi connectivity index (χ4v) is 3.60. The van der Waals surface area contributed by atoms with Crippen LogP contribution >= 0.6 is 11.3 Å². The minimum Gasteiger partial charge on any atom is -0.493 e. The summed E-state index contributed by atoms with van der Waals surface area (Å²) in [5.74, 6) is 2.68. The number of fused-ring (bicyclic) bond motifs is 1. The van der Waals surface area contributed by atoms with Gasteiger partial charge in [-0.3, -0.25) is 0 Å². The lowest BCUT2D eigenvalue weighted by Gasteiger charge is -2.15. The van der Waals surface area contributed by atoms with E-state index in [1.807, 2.05) is 44.1 Å². The lowest BCUT2D eigenvalue weighted by Crippen LogP contribution is -2.12. The largest absolute Gasteiger partial charge is 0.493 e. The smallest absolute Gasteiger partial charge is 0.246 e. The molecule has 0 radical (unpaired) electrons. The molecule has 0 bridgehead atoms. The molecule has 0 atom stereocenters. The minimum absolute atomic E-state index is 0.593. The van der Waals surface area contributed by atoms with Gasteiger partial charge >= 0.3 is 0 Å². The maximum atomic E-state index is 7.35. The van der Waals surface area contributed by atoms with Crippen molar-refractivity contribution in [3.05, 3.63) is 35.2 Å². The van der Waals surface area contributed by atoms with E-state index in [0.29, 0.717) is 22.3 Å². The van der Waals surface area contributed by atoms with Gasteiger partial charge in [0.15, 0.2) is 17.3 Å². The second-order valence-electron chi connectivity index (χ2n) is 5.66. The molecule has 0 N–H and O–H groups in total. The third-order valence-electron chi connectivity index (χ3n) is 3.91. The molecular formula is C18H18N4O2S. The van der Waals surface area contributed by atoms with Gasteiger partial charge in [0.1, 0.15) is 10.6 Å². The van der Waals surface area contributed by atoms with Crippen LogP contribution in [0.1, 0.15) is 5.56 Å². The fraction of sp³-hybridized carbons (Fsp3) is 0.278. The fourth-order valence-electron chi connectivity index (χ4n) is 2.64. The Hall–Kier alpha value is -2.85. The summed E-state index contributed by atoms with van der Waals surface area (Å²) in [5, 5.41) is 1.59. The first kappa shape index (κ1) is 17.0. The Labute approximate surface area is 150 Å². The number of hydrogen-bond acceptors (Lipinski definition) is 6. The molecule has 7 heteroatoms. The highest BCUT2D eigenvalue weighted by atomic mass is 32.1. The highest BCUT2D eigenvalue weighted by molar-refractivity contribution is 7.22. The van der Waals surface area contributed by atoms with Crippen molar-refractivity contribution in [2.45, 2.75) is 6.92 Å². The summed E-state index contributed by atoms with van der Waals surface area (Å²) in [6.45, 7) is 9.30. The van der Waals surface area contributed by atoms with Crippen molar-refractivity contribution >= 4 is 32.4 Å². The summed E-state index contributed by atoms with van der Waals surface area (Å²) in [7, 11) is 7.08. The van der Waals surface area contributed by atoms with Crippen LogP contribution in [-0.2, 0) is 0 Å². The van der Waals surface area contributed by atoms with Gasteiger partial charge in [0, 0.05) is 25.0 Å². The number of benzene rings is 1. The third kappa shape index (κ3) is 2.85. The molecular weight excluding hydrogens is 336 g/mol. The van der Waals surface area contributed by atoms with Crippen LogP contribution in [0, 0.1) is 13.5 Å². The Bertz CT molecular complexity index is 989. The van der Waals surface area contributed by atoms with E-state index >= 15 is 0 Å². The Kier molecular flexibility index (Phi) is 4.47. The highest BCUT2D eigenvalue weighted by Crippen LogP contribution is 2.41. The van der Waals surface area contributed by atoms with Crippen LogP contribution < -0.4 is 14.4 Å². The van der Waals surface area contributed by atoms with E-state index in [4.69, 9.17) is 21.0 Å². The number of thiophene rings is 1. The first-order valence-electron chi connectivity index (χ1n) is 7.58. The van der Waals surface area contributed by atoms with Gasteiger partial charge in [0.25, 0.3) is 0 Å². The lowest BCUT2D eigenvalue weighted by molar-refractivity contribution is 0.355. The van der Waals surface area contributed by atoms with Crippen molar-refractivity contribution in [3.63, 3.8) is 0 Å². The average molecular weight is 354 g/mol. The predicted molar refractivity (Wildman–Crippen MR) is 101 cm³/mol. The normalized spacial score (nSPS) is 10.6. The standard InChI is InChI=1S/C18H18N4O2S/c1-10-14-16(22(3)4)20-15(21-18(14)25-17(10)19-2)11-7-8-12(23-5)13(9-11)24-6/h7-9H,1,3-6H3. The van der Waals surface area contributed by atoms with Gasteiger partial charge in [-0.1, -0.05) is 0 Å². The number of nitrogens with zero attached hydrogens (tertiary/aromatic N) is 4. The molecule has 0 spiro atoms. The van der Waals surface area contributed by atoms with Gasteiger partial charge in [-0.05, 0) is 30.7 Å². The van der Waals surface area contributed by atoms with E-state index in [0.717, 1.165) is 27.2 Å². The number of aromatic nitrogens is 2. The monoisotopic (exact) mass is 354 g/mol. The molecule has 2 heterocycles. The summed E-state index contributed by atoms with van der Waals surface area (Å²) in [5.41, 5.74) is 1.76. The Balaban J connectivity index is 2.26. The number of hydrogen-bond donors (Lipinski definition) is 0. The molecule has 0 aliphatic carbocycles. The van der Waals surface area contributed by atoms with Gasteiger partial charge in [0.05, 0.1) is 20.8 Å². The van der Waals surface area contributed by atoms with Crippen molar-refractivity contribution in [2.24, 2.45) is 0 Å². The maximum Gasteiger partial charge on any atom is 0.246 e. The third-order valence-corrected chi connectivity index (χ3v) is 4.99. The van der Waals surface area contributed by atoms with Crippen LogP contribution in [0.5, 0.6) is 11.5 Å². The average Bonchev–Trinajstić information content (AvgIpc) is 2.96. The molecule has 0 amide bonds. The van der Waals surface area contributed by atoms with Gasteiger partial charge in [0.2, 0.25) is 5.00 Å². The zero-order valence-electron chi connectivity index (χ0n) is 14.7. The van der Waals surface area contributed by atoms with E-state index in [2.05, 4.69) is 9.83 Å². The lowest BCUT2D eigenvalue weighted by atomic mass is 10.1. The molecule has 2 aromatic heterocycles. The van der Waals surface area contributed by atoms with Gasteiger partial charge in [-0.2, -0.15) is 0 Å². The Morgan fingerprint density at radius 3 is 2.44 bits per heavy atom. The highest BCUT2D eigenvalue weighted by Gasteiger charge is 2.18. The van der Waals surface area contributed by atoms with Crippen LogP contribution in [-0.4, -0.2) is 38.3 Å². The molecule has 3 aromatic rings. The van der Waals surface area contributed by atoms with Crippen molar-refractivity contribution < 1.29 is 9.47 Å². The first-order valence-corrected chi connectivity index (χ1v) is 8.40. The summed E-state index contributed by atoms with van der Waals surface area (Å²) in [4.78, 5) is 15.8. The topological polar surface area (TPSA) is 51.8 Å². The molecule has 0 saturated heterocycles. The van der Waals surface area contributed by atoms with Crippen LogP contribution in [0.3, 0.4) is 0 Å². The minimum atomic E-state index is 0.593. The van der Waals surface area contributed by atoms with Crippen molar-refractivity contribution in [2.75, 3.05) is 33.2 Å². The van der Waals surface area contributed by atoms with Gasteiger partial charge in [-0.15, -0.1) is 11.3 Å². The van der Waals surface area contributed by atoms with Crippen LogP contribution in [0.4, 0.5) is 10.8 Å². The molecule has 128 valence electrons. The van der Waals surface area contributed by atoms with E-state index in [1.165, 1.54) is 11.3 Å². The molecule has 25 heavy (non-hydrogen) atoms. The number of anilines is 1. The molecule has 6 nitrogen and oxygen atoms in total. The number of rotatable bonds is 4. The molecule has 0 fully saturated rings. The van der Waals surface area contributed by atoms with E-state index in [9.17, 15) is 0 Å². The van der Waals surface area contributed by atoms with Crippen LogP contribution in [0.2, 0.25) is 0 Å². The number of ether oxygens (including phenoxy) is 2. The van der Waals surface area contributed by atoms with Crippen LogP contribution in [0.15, 0.2) is 18.2 Å². The second kappa shape index (κ2) is 6.57. The predicted octanol–water partition coefficient (Wildman–Crippen LogP) is 4.30. The first-order chi connectivity index (χ1) is 12.0.